The second kappa shape index (κ2) is 7.96. The molecule has 0 aliphatic carbocycles. The SMILES string of the molecule is COc1ccccc1NC(=O)Cn1ccn(-c2ccc(C)c(C)c2)c(=O)c1=O. The Labute approximate surface area is 161 Å². The Kier molecular flexibility index (Phi) is 5.44. The van der Waals surface area contributed by atoms with Crippen LogP contribution in [-0.2, 0) is 11.3 Å². The number of hydrogen-bond donors (Lipinski definition) is 1. The lowest BCUT2D eigenvalue weighted by Gasteiger charge is -2.12. The second-order valence-corrected chi connectivity index (χ2v) is 6.42. The molecule has 3 aromatic rings. The topological polar surface area (TPSA) is 82.3 Å². The number of aromatic nitrogens is 2. The third-order valence-electron chi connectivity index (χ3n) is 4.52. The van der Waals surface area contributed by atoms with Gasteiger partial charge in [-0.05, 0) is 49.2 Å². The molecule has 0 saturated heterocycles. The van der Waals surface area contributed by atoms with E-state index in [2.05, 4.69) is 5.32 Å². The molecule has 0 aliphatic heterocycles. The molecule has 0 spiro atoms. The summed E-state index contributed by atoms with van der Waals surface area (Å²) in [5, 5.41) is 2.68. The van der Waals surface area contributed by atoms with Crippen molar-refractivity contribution in [1.82, 2.24) is 9.13 Å². The van der Waals surface area contributed by atoms with Crippen molar-refractivity contribution in [2.24, 2.45) is 0 Å². The Hall–Kier alpha value is -3.61. The molecule has 28 heavy (non-hydrogen) atoms. The second-order valence-electron chi connectivity index (χ2n) is 6.42. The van der Waals surface area contributed by atoms with Crippen LogP contribution in [-0.4, -0.2) is 22.2 Å². The zero-order valence-corrected chi connectivity index (χ0v) is 15.9. The number of hydrogen-bond acceptors (Lipinski definition) is 4. The van der Waals surface area contributed by atoms with E-state index in [9.17, 15) is 14.4 Å². The van der Waals surface area contributed by atoms with Crippen LogP contribution < -0.4 is 21.2 Å². The lowest BCUT2D eigenvalue weighted by Crippen LogP contribution is -2.41. The van der Waals surface area contributed by atoms with Crippen LogP contribution in [0.3, 0.4) is 0 Å². The third kappa shape index (κ3) is 3.88. The lowest BCUT2D eigenvalue weighted by atomic mass is 10.1. The van der Waals surface area contributed by atoms with Gasteiger partial charge in [0, 0.05) is 18.1 Å². The van der Waals surface area contributed by atoms with Crippen molar-refractivity contribution >= 4 is 11.6 Å². The Morgan fingerprint density at radius 1 is 1.00 bits per heavy atom. The molecule has 7 nitrogen and oxygen atoms in total. The number of rotatable bonds is 5. The van der Waals surface area contributed by atoms with Crippen LogP contribution in [0.4, 0.5) is 5.69 Å². The molecule has 0 saturated carbocycles. The van der Waals surface area contributed by atoms with E-state index in [1.165, 1.54) is 24.1 Å². The molecular weight excluding hydrogens is 358 g/mol. The van der Waals surface area contributed by atoms with E-state index in [1.54, 1.807) is 30.3 Å². The normalized spacial score (nSPS) is 10.5. The minimum absolute atomic E-state index is 0.278. The standard InChI is InChI=1S/C21H21N3O4/c1-14-8-9-16(12-15(14)2)24-11-10-23(20(26)21(24)27)13-19(25)22-17-6-4-5-7-18(17)28-3/h4-12H,13H2,1-3H3,(H,22,25). The van der Waals surface area contributed by atoms with Crippen molar-refractivity contribution in [3.63, 3.8) is 0 Å². The van der Waals surface area contributed by atoms with E-state index in [-0.39, 0.29) is 6.54 Å². The van der Waals surface area contributed by atoms with Crippen LogP contribution in [0.15, 0.2) is 64.4 Å². The number of nitrogens with one attached hydrogen (secondary N) is 1. The van der Waals surface area contributed by atoms with Crippen molar-refractivity contribution in [3.8, 4) is 11.4 Å². The molecule has 0 atom stereocenters. The minimum atomic E-state index is -0.768. The van der Waals surface area contributed by atoms with Crippen molar-refractivity contribution in [3.05, 3.63) is 86.7 Å². The molecule has 1 aromatic heterocycles. The van der Waals surface area contributed by atoms with Gasteiger partial charge in [-0.3, -0.25) is 23.5 Å². The number of carbonyl (C=O) groups is 1. The Morgan fingerprint density at radius 2 is 1.75 bits per heavy atom. The highest BCUT2D eigenvalue weighted by Crippen LogP contribution is 2.22. The number of amides is 1. The molecule has 144 valence electrons. The zero-order chi connectivity index (χ0) is 20.3. The molecule has 0 fully saturated rings. The maximum atomic E-state index is 12.5. The maximum Gasteiger partial charge on any atom is 0.320 e. The fourth-order valence-electron chi connectivity index (χ4n) is 2.80. The van der Waals surface area contributed by atoms with Gasteiger partial charge in [-0.25, -0.2) is 0 Å². The third-order valence-corrected chi connectivity index (χ3v) is 4.52. The van der Waals surface area contributed by atoms with Crippen LogP contribution in [0.5, 0.6) is 5.75 Å². The summed E-state index contributed by atoms with van der Waals surface area (Å²) in [6.07, 6.45) is 2.92. The number of para-hydroxylation sites is 2. The van der Waals surface area contributed by atoms with E-state index in [4.69, 9.17) is 4.74 Å². The van der Waals surface area contributed by atoms with Crippen LogP contribution >= 0.6 is 0 Å². The van der Waals surface area contributed by atoms with E-state index in [0.29, 0.717) is 17.1 Å². The zero-order valence-electron chi connectivity index (χ0n) is 15.9. The van der Waals surface area contributed by atoms with Gasteiger partial charge >= 0.3 is 11.1 Å². The summed E-state index contributed by atoms with van der Waals surface area (Å²) in [5.74, 6) is 0.0725. The van der Waals surface area contributed by atoms with Gasteiger partial charge in [0.05, 0.1) is 12.8 Å². The van der Waals surface area contributed by atoms with E-state index >= 15 is 0 Å². The molecule has 2 aromatic carbocycles. The summed E-state index contributed by atoms with van der Waals surface area (Å²) in [6.45, 7) is 3.63. The highest BCUT2D eigenvalue weighted by atomic mass is 16.5. The average Bonchev–Trinajstić information content (AvgIpc) is 2.68. The molecule has 1 N–H and O–H groups in total. The molecule has 1 amide bonds. The molecular formula is C21H21N3O4. The molecule has 0 unspecified atom stereocenters. The molecule has 1 heterocycles. The Bertz CT molecular complexity index is 1140. The van der Waals surface area contributed by atoms with E-state index in [0.717, 1.165) is 15.7 Å². The lowest BCUT2D eigenvalue weighted by molar-refractivity contribution is -0.116. The van der Waals surface area contributed by atoms with Gasteiger partial charge < -0.3 is 10.1 Å². The largest absolute Gasteiger partial charge is 0.495 e. The van der Waals surface area contributed by atoms with Crippen LogP contribution in [0, 0.1) is 13.8 Å². The fraction of sp³-hybridized carbons (Fsp3) is 0.190. The fourth-order valence-corrected chi connectivity index (χ4v) is 2.80. The van der Waals surface area contributed by atoms with Crippen molar-refractivity contribution in [2.45, 2.75) is 20.4 Å². The number of anilines is 1. The summed E-state index contributed by atoms with van der Waals surface area (Å²) in [4.78, 5) is 37.3. The van der Waals surface area contributed by atoms with Crippen molar-refractivity contribution in [1.29, 1.82) is 0 Å². The van der Waals surface area contributed by atoms with E-state index in [1.807, 2.05) is 26.0 Å². The number of aryl methyl sites for hydroxylation is 2. The van der Waals surface area contributed by atoms with Crippen LogP contribution in [0.2, 0.25) is 0 Å². The number of carbonyl (C=O) groups excluding carboxylic acids is 1. The molecule has 0 bridgehead atoms. The average molecular weight is 379 g/mol. The summed E-state index contributed by atoms with van der Waals surface area (Å²) in [7, 11) is 1.50. The predicted octanol–water partition coefficient (Wildman–Crippen LogP) is 2.26. The number of ether oxygens (including phenoxy) is 1. The molecule has 0 radical (unpaired) electrons. The summed E-state index contributed by atoms with van der Waals surface area (Å²) in [6, 6.07) is 12.5. The predicted molar refractivity (Wildman–Crippen MR) is 107 cm³/mol. The molecule has 0 aliphatic rings. The molecule has 3 rings (SSSR count). The van der Waals surface area contributed by atoms with Gasteiger partial charge in [0.2, 0.25) is 5.91 Å². The quantitative estimate of drug-likeness (QED) is 0.690. The Morgan fingerprint density at radius 3 is 2.46 bits per heavy atom. The first-order chi connectivity index (χ1) is 13.4. The van der Waals surface area contributed by atoms with Gasteiger partial charge in [-0.2, -0.15) is 0 Å². The minimum Gasteiger partial charge on any atom is -0.495 e. The van der Waals surface area contributed by atoms with Crippen LogP contribution in [0.25, 0.3) is 5.69 Å². The highest BCUT2D eigenvalue weighted by Gasteiger charge is 2.12. The van der Waals surface area contributed by atoms with E-state index < -0.39 is 17.0 Å². The van der Waals surface area contributed by atoms with Crippen molar-refractivity contribution in [2.75, 3.05) is 12.4 Å². The van der Waals surface area contributed by atoms with Gasteiger partial charge in [-0.15, -0.1) is 0 Å². The van der Waals surface area contributed by atoms with Gasteiger partial charge in [-0.1, -0.05) is 18.2 Å². The number of methoxy groups -OCH3 is 1. The summed E-state index contributed by atoms with van der Waals surface area (Å²) >= 11 is 0. The van der Waals surface area contributed by atoms with Gasteiger partial charge in [0.15, 0.2) is 0 Å². The van der Waals surface area contributed by atoms with Gasteiger partial charge in [0.25, 0.3) is 0 Å². The monoisotopic (exact) mass is 379 g/mol. The first-order valence-corrected chi connectivity index (χ1v) is 8.73. The van der Waals surface area contributed by atoms with Crippen molar-refractivity contribution < 1.29 is 9.53 Å². The Balaban J connectivity index is 1.85. The highest BCUT2D eigenvalue weighted by molar-refractivity contribution is 5.92. The molecule has 7 heteroatoms. The smallest absolute Gasteiger partial charge is 0.320 e. The summed E-state index contributed by atoms with van der Waals surface area (Å²) in [5.41, 5.74) is 1.73. The summed E-state index contributed by atoms with van der Waals surface area (Å²) < 4.78 is 7.55. The maximum absolute atomic E-state index is 12.5. The van der Waals surface area contributed by atoms with Crippen LogP contribution in [0.1, 0.15) is 11.1 Å². The van der Waals surface area contributed by atoms with Gasteiger partial charge in [0.1, 0.15) is 12.3 Å². The number of nitrogens with zero attached hydrogens (tertiary/aromatic N) is 2. The first kappa shape index (κ1) is 19.2. The first-order valence-electron chi connectivity index (χ1n) is 8.73. The number of benzene rings is 2.